The highest BCUT2D eigenvalue weighted by atomic mass is 35.5. The topological polar surface area (TPSA) is 53.5 Å². The van der Waals surface area contributed by atoms with Crippen LogP contribution < -0.4 is 15.4 Å². The summed E-state index contributed by atoms with van der Waals surface area (Å²) in [4.78, 5) is 0. The highest BCUT2D eigenvalue weighted by Crippen LogP contribution is 2.19. The molecule has 2 aromatic rings. The Hall–Kier alpha value is -1.30. The van der Waals surface area contributed by atoms with Gasteiger partial charge in [0.1, 0.15) is 12.4 Å². The van der Waals surface area contributed by atoms with Gasteiger partial charge in [0.2, 0.25) is 0 Å². The van der Waals surface area contributed by atoms with Crippen LogP contribution in [0.3, 0.4) is 0 Å². The van der Waals surface area contributed by atoms with Crippen molar-refractivity contribution in [1.29, 1.82) is 0 Å². The van der Waals surface area contributed by atoms with Gasteiger partial charge in [0, 0.05) is 18.7 Å². The van der Waals surface area contributed by atoms with Gasteiger partial charge in [-0.25, -0.2) is 0 Å². The lowest BCUT2D eigenvalue weighted by molar-refractivity contribution is 0.292. The molecule has 0 aliphatic heterocycles. The fourth-order valence-corrected chi connectivity index (χ4v) is 2.29. The van der Waals surface area contributed by atoms with Crippen LogP contribution in [0.1, 0.15) is 17.5 Å². The van der Waals surface area contributed by atoms with Gasteiger partial charge >= 0.3 is 0 Å². The Morgan fingerprint density at radius 3 is 2.24 bits per heavy atom. The van der Waals surface area contributed by atoms with E-state index in [0.717, 1.165) is 31.8 Å². The smallest absolute Gasteiger partial charge is 0.124 e. The van der Waals surface area contributed by atoms with Crippen molar-refractivity contribution >= 4 is 24.8 Å². The maximum absolute atomic E-state index is 8.69. The summed E-state index contributed by atoms with van der Waals surface area (Å²) in [7, 11) is 0. The maximum Gasteiger partial charge on any atom is 0.124 e. The Morgan fingerprint density at radius 1 is 0.800 bits per heavy atom. The molecule has 25 heavy (non-hydrogen) atoms. The zero-order chi connectivity index (χ0) is 16.2. The van der Waals surface area contributed by atoms with Gasteiger partial charge < -0.3 is 20.5 Å². The maximum atomic E-state index is 8.69. The van der Waals surface area contributed by atoms with E-state index in [2.05, 4.69) is 28.8 Å². The first-order chi connectivity index (χ1) is 11.4. The summed E-state index contributed by atoms with van der Waals surface area (Å²) in [6.07, 6.45) is 1.03. The predicted molar refractivity (Wildman–Crippen MR) is 108 cm³/mol. The highest BCUT2D eigenvalue weighted by Gasteiger charge is 2.03. The van der Waals surface area contributed by atoms with Gasteiger partial charge in [0.15, 0.2) is 0 Å². The lowest BCUT2D eigenvalue weighted by Gasteiger charge is -2.12. The SMILES string of the molecule is Cl.Cl.OCCNCCCNCc1ccccc1OCc1ccccc1. The van der Waals surface area contributed by atoms with E-state index in [0.29, 0.717) is 13.2 Å². The molecule has 4 nitrogen and oxygen atoms in total. The summed E-state index contributed by atoms with van der Waals surface area (Å²) in [5.74, 6) is 0.933. The normalized spacial score (nSPS) is 9.80. The molecule has 0 aromatic heterocycles. The van der Waals surface area contributed by atoms with Gasteiger partial charge in [0.25, 0.3) is 0 Å². The molecule has 0 heterocycles. The molecular formula is C19H28Cl2N2O2. The minimum Gasteiger partial charge on any atom is -0.489 e. The molecule has 0 saturated carbocycles. The third-order valence-electron chi connectivity index (χ3n) is 3.52. The van der Waals surface area contributed by atoms with Crippen LogP contribution in [-0.4, -0.2) is 31.3 Å². The van der Waals surface area contributed by atoms with Crippen molar-refractivity contribution in [3.8, 4) is 5.75 Å². The first-order valence-corrected chi connectivity index (χ1v) is 8.17. The first kappa shape index (κ1) is 23.7. The van der Waals surface area contributed by atoms with Gasteiger partial charge in [0.05, 0.1) is 6.61 Å². The third-order valence-corrected chi connectivity index (χ3v) is 3.52. The molecule has 0 aliphatic rings. The van der Waals surface area contributed by atoms with E-state index in [1.165, 1.54) is 11.1 Å². The number of aliphatic hydroxyl groups excluding tert-OH is 1. The zero-order valence-corrected chi connectivity index (χ0v) is 16.0. The van der Waals surface area contributed by atoms with Crippen LogP contribution in [-0.2, 0) is 13.2 Å². The van der Waals surface area contributed by atoms with E-state index in [1.807, 2.05) is 36.4 Å². The van der Waals surface area contributed by atoms with Crippen LogP contribution in [0.25, 0.3) is 0 Å². The van der Waals surface area contributed by atoms with Crippen molar-refractivity contribution < 1.29 is 9.84 Å². The molecule has 0 radical (unpaired) electrons. The van der Waals surface area contributed by atoms with E-state index >= 15 is 0 Å². The second-order valence-corrected chi connectivity index (χ2v) is 5.39. The number of nitrogens with one attached hydrogen (secondary N) is 2. The molecule has 6 heteroatoms. The number of hydrogen-bond acceptors (Lipinski definition) is 4. The molecule has 140 valence electrons. The van der Waals surface area contributed by atoms with Gasteiger partial charge in [-0.05, 0) is 31.1 Å². The van der Waals surface area contributed by atoms with Gasteiger partial charge in [-0.1, -0.05) is 48.5 Å². The zero-order valence-electron chi connectivity index (χ0n) is 14.3. The molecule has 0 unspecified atom stereocenters. The molecule has 0 atom stereocenters. The number of benzene rings is 2. The standard InChI is InChI=1S/C19H26N2O2.2ClH/c22-14-13-20-11-6-12-21-15-18-9-4-5-10-19(18)23-16-17-7-2-1-3-8-17;;/h1-5,7-10,20-22H,6,11-16H2;2*1H. The van der Waals surface area contributed by atoms with Gasteiger partial charge in [-0.3, -0.25) is 0 Å². The van der Waals surface area contributed by atoms with Crippen LogP contribution in [0.5, 0.6) is 5.75 Å². The lowest BCUT2D eigenvalue weighted by atomic mass is 10.2. The molecule has 0 spiro atoms. The minimum absolute atomic E-state index is 0. The quantitative estimate of drug-likeness (QED) is 0.519. The third kappa shape index (κ3) is 9.68. The molecular weight excluding hydrogens is 359 g/mol. The largest absolute Gasteiger partial charge is 0.489 e. The summed E-state index contributed by atoms with van der Waals surface area (Å²) in [5, 5.41) is 15.3. The summed E-state index contributed by atoms with van der Waals surface area (Å²) in [5.41, 5.74) is 2.34. The fraction of sp³-hybridized carbons (Fsp3) is 0.368. The minimum atomic E-state index is 0. The van der Waals surface area contributed by atoms with Crippen LogP contribution in [0.4, 0.5) is 0 Å². The Kier molecular flexibility index (Phi) is 14.2. The molecule has 3 N–H and O–H groups in total. The average Bonchev–Trinajstić information content (AvgIpc) is 2.61. The Labute approximate surface area is 162 Å². The molecule has 0 saturated heterocycles. The Morgan fingerprint density at radius 2 is 1.48 bits per heavy atom. The average molecular weight is 387 g/mol. The molecule has 2 rings (SSSR count). The van der Waals surface area contributed by atoms with Crippen LogP contribution in [0.15, 0.2) is 54.6 Å². The number of ether oxygens (including phenoxy) is 1. The monoisotopic (exact) mass is 386 g/mol. The second kappa shape index (κ2) is 15.0. The second-order valence-electron chi connectivity index (χ2n) is 5.39. The van der Waals surface area contributed by atoms with E-state index < -0.39 is 0 Å². The van der Waals surface area contributed by atoms with Crippen molar-refractivity contribution in [1.82, 2.24) is 10.6 Å². The predicted octanol–water partition coefficient (Wildman–Crippen LogP) is 3.17. The van der Waals surface area contributed by atoms with Crippen molar-refractivity contribution in [2.45, 2.75) is 19.6 Å². The van der Waals surface area contributed by atoms with Crippen molar-refractivity contribution in [3.63, 3.8) is 0 Å². The summed E-state index contributed by atoms with van der Waals surface area (Å²) < 4.78 is 5.95. The highest BCUT2D eigenvalue weighted by molar-refractivity contribution is 5.85. The molecule has 0 aliphatic carbocycles. The van der Waals surface area contributed by atoms with Gasteiger partial charge in [-0.15, -0.1) is 24.8 Å². The summed E-state index contributed by atoms with van der Waals surface area (Å²) in [6, 6.07) is 18.4. The number of para-hydroxylation sites is 1. The van der Waals surface area contributed by atoms with Crippen molar-refractivity contribution in [2.24, 2.45) is 0 Å². The Bertz CT molecular complexity index is 556. The van der Waals surface area contributed by atoms with Crippen LogP contribution in [0.2, 0.25) is 0 Å². The van der Waals surface area contributed by atoms with E-state index in [4.69, 9.17) is 9.84 Å². The molecule has 0 fully saturated rings. The number of halogens is 2. The van der Waals surface area contributed by atoms with E-state index in [-0.39, 0.29) is 31.4 Å². The van der Waals surface area contributed by atoms with Crippen LogP contribution in [0, 0.1) is 0 Å². The number of aliphatic hydroxyl groups is 1. The van der Waals surface area contributed by atoms with E-state index in [1.54, 1.807) is 0 Å². The molecule has 0 bridgehead atoms. The first-order valence-electron chi connectivity index (χ1n) is 8.17. The molecule has 0 amide bonds. The van der Waals surface area contributed by atoms with Crippen LogP contribution >= 0.6 is 24.8 Å². The van der Waals surface area contributed by atoms with Crippen molar-refractivity contribution in [2.75, 3.05) is 26.2 Å². The molecule has 2 aromatic carbocycles. The number of rotatable bonds is 11. The summed E-state index contributed by atoms with van der Waals surface area (Å²) in [6.45, 7) is 4.09. The fourth-order valence-electron chi connectivity index (χ4n) is 2.29. The number of hydrogen-bond donors (Lipinski definition) is 3. The van der Waals surface area contributed by atoms with Crippen molar-refractivity contribution in [3.05, 3.63) is 65.7 Å². The van der Waals surface area contributed by atoms with E-state index in [9.17, 15) is 0 Å². The summed E-state index contributed by atoms with van der Waals surface area (Å²) >= 11 is 0. The Balaban J connectivity index is 0.00000288. The lowest BCUT2D eigenvalue weighted by Crippen LogP contribution is -2.24. The van der Waals surface area contributed by atoms with Gasteiger partial charge in [-0.2, -0.15) is 0 Å².